The monoisotopic (exact) mass is 435 g/mol. The van der Waals surface area contributed by atoms with Gasteiger partial charge in [-0.25, -0.2) is 0 Å². The van der Waals surface area contributed by atoms with Gasteiger partial charge in [0.2, 0.25) is 0 Å². The fraction of sp³-hybridized carbons (Fsp3) is 0.304. The zero-order chi connectivity index (χ0) is 22.7. The molecular formula is C23H25N5O4. The number of benzene rings is 2. The number of hydrogen-bond donors (Lipinski definition) is 1. The molecule has 0 radical (unpaired) electrons. The van der Waals surface area contributed by atoms with E-state index in [2.05, 4.69) is 15.3 Å². The predicted molar refractivity (Wildman–Crippen MR) is 124 cm³/mol. The molecule has 9 nitrogen and oxygen atoms in total. The summed E-state index contributed by atoms with van der Waals surface area (Å²) in [6.45, 7) is 1.76. The summed E-state index contributed by atoms with van der Waals surface area (Å²) in [5.41, 5.74) is 1.86. The van der Waals surface area contributed by atoms with Gasteiger partial charge >= 0.3 is 0 Å². The molecule has 0 amide bonds. The minimum absolute atomic E-state index is 0.143. The van der Waals surface area contributed by atoms with Crippen molar-refractivity contribution in [3.63, 3.8) is 0 Å². The van der Waals surface area contributed by atoms with E-state index in [0.29, 0.717) is 11.4 Å². The number of ether oxygens (including phenoxy) is 1. The van der Waals surface area contributed by atoms with Gasteiger partial charge in [-0.3, -0.25) is 14.9 Å². The van der Waals surface area contributed by atoms with Gasteiger partial charge in [-0.15, -0.1) is 0 Å². The van der Waals surface area contributed by atoms with Crippen molar-refractivity contribution in [1.29, 1.82) is 0 Å². The molecule has 0 unspecified atom stereocenters. The van der Waals surface area contributed by atoms with E-state index >= 15 is 0 Å². The lowest BCUT2D eigenvalue weighted by Crippen LogP contribution is -2.30. The summed E-state index contributed by atoms with van der Waals surface area (Å²) in [6, 6.07) is 13.8. The first-order chi connectivity index (χ1) is 15.5. The Kier molecular flexibility index (Phi) is 6.07. The van der Waals surface area contributed by atoms with E-state index in [9.17, 15) is 14.9 Å². The van der Waals surface area contributed by atoms with Crippen LogP contribution in [0.25, 0.3) is 16.9 Å². The average molecular weight is 435 g/mol. The molecule has 4 rings (SSSR count). The molecule has 1 saturated heterocycles. The number of piperidine rings is 1. The van der Waals surface area contributed by atoms with Crippen molar-refractivity contribution >= 4 is 17.1 Å². The molecule has 1 aliphatic heterocycles. The fourth-order valence-corrected chi connectivity index (χ4v) is 3.95. The molecule has 9 heteroatoms. The van der Waals surface area contributed by atoms with Gasteiger partial charge < -0.3 is 15.0 Å². The van der Waals surface area contributed by atoms with Gasteiger partial charge in [0.05, 0.1) is 17.7 Å². The Labute approximate surface area is 185 Å². The van der Waals surface area contributed by atoms with Crippen molar-refractivity contribution in [3.05, 3.63) is 69.0 Å². The van der Waals surface area contributed by atoms with Crippen molar-refractivity contribution < 1.29 is 9.66 Å². The Morgan fingerprint density at radius 1 is 1.09 bits per heavy atom. The normalized spacial score (nSPS) is 13.6. The smallest absolute Gasteiger partial charge is 0.295 e. The first-order valence-electron chi connectivity index (χ1n) is 10.5. The molecular weight excluding hydrogens is 410 g/mol. The number of nitrogens with zero attached hydrogens (tertiary/aromatic N) is 4. The highest BCUT2D eigenvalue weighted by Crippen LogP contribution is 2.30. The third-order valence-corrected chi connectivity index (χ3v) is 5.65. The summed E-state index contributed by atoms with van der Waals surface area (Å²) >= 11 is 0. The van der Waals surface area contributed by atoms with Crippen LogP contribution < -0.4 is 20.5 Å². The van der Waals surface area contributed by atoms with Crippen molar-refractivity contribution in [1.82, 2.24) is 9.78 Å². The molecule has 1 aromatic heterocycles. The van der Waals surface area contributed by atoms with Crippen molar-refractivity contribution in [2.75, 3.05) is 37.5 Å². The number of rotatable bonds is 6. The van der Waals surface area contributed by atoms with E-state index < -0.39 is 10.5 Å². The summed E-state index contributed by atoms with van der Waals surface area (Å²) in [6.07, 6.45) is 3.31. The number of nitro benzene ring substituents is 1. The number of nitrogens with one attached hydrogen (secondary N) is 1. The van der Waals surface area contributed by atoms with Crippen LogP contribution in [0.3, 0.4) is 0 Å². The highest BCUT2D eigenvalue weighted by Gasteiger charge is 2.22. The Morgan fingerprint density at radius 2 is 1.88 bits per heavy atom. The largest absolute Gasteiger partial charge is 0.497 e. The highest BCUT2D eigenvalue weighted by atomic mass is 16.6. The van der Waals surface area contributed by atoms with Crippen molar-refractivity contribution in [2.45, 2.75) is 19.3 Å². The van der Waals surface area contributed by atoms with Crippen LogP contribution in [0.2, 0.25) is 0 Å². The maximum Gasteiger partial charge on any atom is 0.295 e. The molecule has 166 valence electrons. The summed E-state index contributed by atoms with van der Waals surface area (Å²) in [4.78, 5) is 26.7. The van der Waals surface area contributed by atoms with Crippen LogP contribution in [-0.4, -0.2) is 42.0 Å². The second-order valence-electron chi connectivity index (χ2n) is 7.62. The SMILES string of the molecule is CNc1cc(-c2cccc(OC)c2)nn(-c2cc(N3CCCCC3)ccc2[N+](=O)[O-])c1=O. The molecule has 2 aromatic carbocycles. The van der Waals surface area contributed by atoms with E-state index in [1.165, 1.54) is 12.5 Å². The lowest BCUT2D eigenvalue weighted by molar-refractivity contribution is -0.384. The molecule has 1 N–H and O–H groups in total. The minimum Gasteiger partial charge on any atom is -0.497 e. The molecule has 2 heterocycles. The summed E-state index contributed by atoms with van der Waals surface area (Å²) in [5, 5.41) is 19.2. The molecule has 0 atom stereocenters. The second kappa shape index (κ2) is 9.09. The van der Waals surface area contributed by atoms with Gasteiger partial charge in [-0.2, -0.15) is 9.78 Å². The van der Waals surface area contributed by atoms with Crippen molar-refractivity contribution in [2.24, 2.45) is 0 Å². The van der Waals surface area contributed by atoms with E-state index in [1.807, 2.05) is 18.2 Å². The summed E-state index contributed by atoms with van der Waals surface area (Å²) in [7, 11) is 3.21. The lowest BCUT2D eigenvalue weighted by atomic mass is 10.1. The first kappa shape index (κ1) is 21.4. The lowest BCUT2D eigenvalue weighted by Gasteiger charge is -2.29. The Balaban J connectivity index is 1.91. The molecule has 3 aromatic rings. The van der Waals surface area contributed by atoms with Crippen LogP contribution in [-0.2, 0) is 0 Å². The fourth-order valence-electron chi connectivity index (χ4n) is 3.95. The standard InChI is InChI=1S/C23H25N5O4/c1-24-20-15-19(16-7-6-8-18(13-16)32-2)25-27(23(20)29)22-14-17(9-10-21(22)28(30)31)26-11-4-3-5-12-26/h6-10,13-15,24H,3-5,11-12H2,1-2H3. The van der Waals surface area contributed by atoms with Crippen LogP contribution in [0.1, 0.15) is 19.3 Å². The minimum atomic E-state index is -0.485. The molecule has 0 saturated carbocycles. The molecule has 1 fully saturated rings. The highest BCUT2D eigenvalue weighted by molar-refractivity contribution is 5.67. The molecule has 0 spiro atoms. The van der Waals surface area contributed by atoms with Gasteiger partial charge in [-0.05, 0) is 49.6 Å². The van der Waals surface area contributed by atoms with Gasteiger partial charge in [0.25, 0.3) is 11.2 Å². The van der Waals surface area contributed by atoms with Gasteiger partial charge in [-0.1, -0.05) is 12.1 Å². The van der Waals surface area contributed by atoms with Crippen LogP contribution in [0, 0.1) is 10.1 Å². The van der Waals surface area contributed by atoms with E-state index in [-0.39, 0.29) is 17.1 Å². The summed E-state index contributed by atoms with van der Waals surface area (Å²) in [5.74, 6) is 0.645. The number of anilines is 2. The third-order valence-electron chi connectivity index (χ3n) is 5.65. The second-order valence-corrected chi connectivity index (χ2v) is 7.62. The van der Waals surface area contributed by atoms with E-state index in [4.69, 9.17) is 4.74 Å². The van der Waals surface area contributed by atoms with Crippen LogP contribution >= 0.6 is 0 Å². The Bertz CT molecular complexity index is 1200. The number of methoxy groups -OCH3 is 1. The Morgan fingerprint density at radius 3 is 2.56 bits per heavy atom. The van der Waals surface area contributed by atoms with Crippen LogP contribution in [0.15, 0.2) is 53.3 Å². The topological polar surface area (TPSA) is 103 Å². The molecule has 32 heavy (non-hydrogen) atoms. The van der Waals surface area contributed by atoms with Crippen molar-refractivity contribution in [3.8, 4) is 22.7 Å². The first-order valence-corrected chi connectivity index (χ1v) is 10.5. The molecule has 0 aliphatic carbocycles. The Hall–Kier alpha value is -3.88. The van der Waals surface area contributed by atoms with Gasteiger partial charge in [0.1, 0.15) is 17.1 Å². The van der Waals surface area contributed by atoms with E-state index in [1.54, 1.807) is 38.4 Å². The maximum atomic E-state index is 13.1. The maximum absolute atomic E-state index is 13.1. The summed E-state index contributed by atoms with van der Waals surface area (Å²) < 4.78 is 6.42. The van der Waals surface area contributed by atoms with Crippen LogP contribution in [0.5, 0.6) is 5.75 Å². The van der Waals surface area contributed by atoms with Crippen LogP contribution in [0.4, 0.5) is 17.1 Å². The van der Waals surface area contributed by atoms with E-state index in [0.717, 1.165) is 41.9 Å². The zero-order valence-corrected chi connectivity index (χ0v) is 18.1. The number of hydrogen-bond acceptors (Lipinski definition) is 7. The van der Waals surface area contributed by atoms with Gasteiger partial charge in [0, 0.05) is 37.5 Å². The average Bonchev–Trinajstić information content (AvgIpc) is 2.84. The predicted octanol–water partition coefficient (Wildman–Crippen LogP) is 3.85. The molecule has 1 aliphatic rings. The number of aromatic nitrogens is 2. The quantitative estimate of drug-likeness (QED) is 0.463. The zero-order valence-electron chi connectivity index (χ0n) is 18.1. The third kappa shape index (κ3) is 4.14. The molecule has 0 bridgehead atoms. The van der Waals surface area contributed by atoms with Gasteiger partial charge in [0.15, 0.2) is 0 Å². The number of nitro groups is 1.